The minimum absolute atomic E-state index is 0.0826. The second kappa shape index (κ2) is 11.0. The van der Waals surface area contributed by atoms with Crippen molar-refractivity contribution in [1.29, 1.82) is 0 Å². The zero-order chi connectivity index (χ0) is 24.8. The molecule has 3 rings (SSSR count). The van der Waals surface area contributed by atoms with Gasteiger partial charge in [-0.1, -0.05) is 24.8 Å². The first kappa shape index (κ1) is 25.1. The van der Waals surface area contributed by atoms with Gasteiger partial charge in [0.25, 0.3) is 11.7 Å². The van der Waals surface area contributed by atoms with E-state index in [-0.39, 0.29) is 11.3 Å². The Morgan fingerprint density at radius 3 is 2.47 bits per heavy atom. The molecule has 0 bridgehead atoms. The molecule has 180 valence electrons. The Labute approximate surface area is 200 Å². The molecule has 1 saturated heterocycles. The molecule has 7 nitrogen and oxygen atoms in total. The van der Waals surface area contributed by atoms with E-state index in [0.717, 1.165) is 17.7 Å². The normalized spacial score (nSPS) is 17.3. The van der Waals surface area contributed by atoms with E-state index in [1.54, 1.807) is 48.4 Å². The average molecular weight is 465 g/mol. The molecule has 34 heavy (non-hydrogen) atoms. The number of rotatable bonds is 10. The molecule has 1 aliphatic rings. The van der Waals surface area contributed by atoms with Crippen molar-refractivity contribution in [3.63, 3.8) is 0 Å². The lowest BCUT2D eigenvalue weighted by Crippen LogP contribution is -2.32. The zero-order valence-electron chi connectivity index (χ0n) is 20.2. The molecule has 1 unspecified atom stereocenters. The highest BCUT2D eigenvalue weighted by atomic mass is 16.5. The van der Waals surface area contributed by atoms with E-state index in [1.165, 1.54) is 0 Å². The summed E-state index contributed by atoms with van der Waals surface area (Å²) in [5.74, 6) is -0.171. The summed E-state index contributed by atoms with van der Waals surface area (Å²) >= 11 is 0. The molecule has 1 atom stereocenters. The number of hydrogen-bond donors (Lipinski definition) is 1. The summed E-state index contributed by atoms with van der Waals surface area (Å²) in [5, 5.41) is 11.3. The molecular formula is C27H32N2O5. The summed E-state index contributed by atoms with van der Waals surface area (Å²) in [6.45, 7) is 7.03. The van der Waals surface area contributed by atoms with Crippen molar-refractivity contribution in [2.24, 2.45) is 0 Å². The van der Waals surface area contributed by atoms with Crippen LogP contribution in [0.25, 0.3) is 5.76 Å². The fourth-order valence-electron chi connectivity index (χ4n) is 4.06. The van der Waals surface area contributed by atoms with Gasteiger partial charge in [-0.2, -0.15) is 0 Å². The van der Waals surface area contributed by atoms with Crippen LogP contribution in [0.1, 0.15) is 29.2 Å². The van der Waals surface area contributed by atoms with Gasteiger partial charge in [0.1, 0.15) is 23.9 Å². The summed E-state index contributed by atoms with van der Waals surface area (Å²) in [4.78, 5) is 29.8. The lowest BCUT2D eigenvalue weighted by atomic mass is 9.94. The van der Waals surface area contributed by atoms with E-state index < -0.39 is 17.7 Å². The van der Waals surface area contributed by atoms with E-state index >= 15 is 0 Å². The molecule has 1 fully saturated rings. The van der Waals surface area contributed by atoms with E-state index in [4.69, 9.17) is 9.47 Å². The van der Waals surface area contributed by atoms with Gasteiger partial charge < -0.3 is 24.4 Å². The summed E-state index contributed by atoms with van der Waals surface area (Å²) in [5.41, 5.74) is 2.06. The van der Waals surface area contributed by atoms with E-state index in [0.29, 0.717) is 36.6 Å². The van der Waals surface area contributed by atoms with Gasteiger partial charge in [0.05, 0.1) is 18.7 Å². The molecule has 0 aromatic heterocycles. The van der Waals surface area contributed by atoms with Crippen LogP contribution in [0, 0.1) is 6.92 Å². The van der Waals surface area contributed by atoms with Crippen LogP contribution >= 0.6 is 0 Å². The van der Waals surface area contributed by atoms with Crippen molar-refractivity contribution < 1.29 is 24.2 Å². The minimum Gasteiger partial charge on any atom is -0.507 e. The number of nitrogens with zero attached hydrogens (tertiary/aromatic N) is 2. The van der Waals surface area contributed by atoms with Crippen LogP contribution in [0.2, 0.25) is 0 Å². The first-order valence-corrected chi connectivity index (χ1v) is 11.2. The lowest BCUT2D eigenvalue weighted by Gasteiger charge is -2.26. The third kappa shape index (κ3) is 5.31. The van der Waals surface area contributed by atoms with Crippen LogP contribution in [0.15, 0.2) is 60.7 Å². The van der Waals surface area contributed by atoms with Crippen LogP contribution in [0.4, 0.5) is 0 Å². The molecule has 2 aromatic carbocycles. The molecule has 2 aromatic rings. The van der Waals surface area contributed by atoms with Crippen molar-refractivity contribution in [2.45, 2.75) is 19.4 Å². The third-order valence-electron chi connectivity index (χ3n) is 5.78. The summed E-state index contributed by atoms with van der Waals surface area (Å²) in [7, 11) is 5.49. The Kier molecular flexibility index (Phi) is 8.12. The number of aliphatic hydroxyl groups excluding tert-OH is 1. The second-order valence-corrected chi connectivity index (χ2v) is 8.50. The first-order chi connectivity index (χ1) is 16.3. The van der Waals surface area contributed by atoms with Crippen LogP contribution in [0.5, 0.6) is 11.5 Å². The van der Waals surface area contributed by atoms with Gasteiger partial charge in [-0.25, -0.2) is 0 Å². The maximum Gasteiger partial charge on any atom is 0.295 e. The SMILES string of the molecule is C=CCOc1ccc(/C(O)=C2/C(=O)C(=O)N(CCCN(C)C)C2c2ccc(OC)cc2)cc1C. The van der Waals surface area contributed by atoms with E-state index in [1.807, 2.05) is 38.1 Å². The van der Waals surface area contributed by atoms with Gasteiger partial charge in [-0.3, -0.25) is 9.59 Å². The number of aliphatic hydroxyl groups is 1. The molecule has 0 aliphatic carbocycles. The number of benzene rings is 2. The molecule has 1 N–H and O–H groups in total. The van der Waals surface area contributed by atoms with Gasteiger partial charge in [-0.15, -0.1) is 0 Å². The number of methoxy groups -OCH3 is 1. The van der Waals surface area contributed by atoms with E-state index in [9.17, 15) is 14.7 Å². The number of ether oxygens (including phenoxy) is 2. The number of Topliss-reactive ketones (excluding diaryl/α,β-unsaturated/α-hetero) is 1. The van der Waals surface area contributed by atoms with Crippen molar-refractivity contribution in [3.05, 3.63) is 77.4 Å². The second-order valence-electron chi connectivity index (χ2n) is 8.50. The molecule has 0 saturated carbocycles. The Bertz CT molecular complexity index is 1090. The summed E-state index contributed by atoms with van der Waals surface area (Å²) in [6.07, 6.45) is 2.35. The van der Waals surface area contributed by atoms with E-state index in [2.05, 4.69) is 6.58 Å². The highest BCUT2D eigenvalue weighted by Gasteiger charge is 2.45. The Morgan fingerprint density at radius 1 is 1.18 bits per heavy atom. The van der Waals surface area contributed by atoms with Gasteiger partial charge in [0, 0.05) is 12.1 Å². The summed E-state index contributed by atoms with van der Waals surface area (Å²) < 4.78 is 10.9. The monoisotopic (exact) mass is 464 g/mol. The van der Waals surface area contributed by atoms with Crippen molar-refractivity contribution in [2.75, 3.05) is 40.9 Å². The molecule has 1 aliphatic heterocycles. The smallest absolute Gasteiger partial charge is 0.295 e. The largest absolute Gasteiger partial charge is 0.507 e. The maximum absolute atomic E-state index is 13.1. The Hall–Kier alpha value is -3.58. The third-order valence-corrected chi connectivity index (χ3v) is 5.78. The zero-order valence-corrected chi connectivity index (χ0v) is 20.2. The number of carbonyl (C=O) groups excluding carboxylic acids is 2. The number of hydrogen-bond acceptors (Lipinski definition) is 6. The molecular weight excluding hydrogens is 432 g/mol. The van der Waals surface area contributed by atoms with Crippen LogP contribution in [-0.2, 0) is 9.59 Å². The highest BCUT2D eigenvalue weighted by Crippen LogP contribution is 2.40. The quantitative estimate of drug-likeness (QED) is 0.248. The molecule has 1 heterocycles. The van der Waals surface area contributed by atoms with Gasteiger partial charge in [-0.05, 0) is 75.4 Å². The Morgan fingerprint density at radius 2 is 1.88 bits per heavy atom. The average Bonchev–Trinajstić information content (AvgIpc) is 3.07. The van der Waals surface area contributed by atoms with Gasteiger partial charge in [0.2, 0.25) is 0 Å². The van der Waals surface area contributed by atoms with Gasteiger partial charge >= 0.3 is 0 Å². The predicted octanol–water partition coefficient (Wildman–Crippen LogP) is 3.94. The summed E-state index contributed by atoms with van der Waals surface area (Å²) in [6, 6.07) is 11.7. The van der Waals surface area contributed by atoms with Crippen LogP contribution in [-0.4, -0.2) is 67.5 Å². The number of carbonyl (C=O) groups is 2. The molecule has 7 heteroatoms. The standard InChI is InChI=1S/C27H32N2O5/c1-6-16-34-22-13-10-20(17-18(22)2)25(30)23-24(19-8-11-21(33-5)12-9-19)29(27(32)26(23)31)15-7-14-28(3)4/h6,8-13,17,24,30H,1,7,14-16H2,2-5H3/b25-23-. The van der Waals surface area contributed by atoms with Crippen molar-refractivity contribution >= 4 is 17.4 Å². The number of likely N-dealkylation sites (tertiary alicyclic amines) is 1. The van der Waals surface area contributed by atoms with Crippen molar-refractivity contribution in [3.8, 4) is 11.5 Å². The molecule has 0 spiro atoms. The first-order valence-electron chi connectivity index (χ1n) is 11.2. The number of amides is 1. The lowest BCUT2D eigenvalue weighted by molar-refractivity contribution is -0.139. The number of ketones is 1. The molecule has 1 amide bonds. The molecule has 0 radical (unpaired) electrons. The topological polar surface area (TPSA) is 79.3 Å². The number of aryl methyl sites for hydroxylation is 1. The van der Waals surface area contributed by atoms with Crippen LogP contribution < -0.4 is 9.47 Å². The van der Waals surface area contributed by atoms with Gasteiger partial charge in [0.15, 0.2) is 0 Å². The fraction of sp³-hybridized carbons (Fsp3) is 0.333. The highest BCUT2D eigenvalue weighted by molar-refractivity contribution is 6.46. The maximum atomic E-state index is 13.1. The Balaban J connectivity index is 2.06. The fourth-order valence-corrected chi connectivity index (χ4v) is 4.06. The minimum atomic E-state index is -0.690. The van der Waals surface area contributed by atoms with Crippen LogP contribution in [0.3, 0.4) is 0 Å². The predicted molar refractivity (Wildman–Crippen MR) is 132 cm³/mol. The van der Waals surface area contributed by atoms with Crippen molar-refractivity contribution in [1.82, 2.24) is 9.80 Å².